The molecule has 1 aliphatic rings. The molecular formula is C25H26F3N5O. The maximum absolute atomic E-state index is 12.9. The van der Waals surface area contributed by atoms with Crippen LogP contribution >= 0.6 is 0 Å². The van der Waals surface area contributed by atoms with E-state index in [0.717, 1.165) is 24.2 Å². The number of nitriles is 1. The van der Waals surface area contributed by atoms with Gasteiger partial charge in [-0.05, 0) is 55.7 Å². The van der Waals surface area contributed by atoms with Gasteiger partial charge in [0.25, 0.3) is 5.56 Å². The highest BCUT2D eigenvalue weighted by molar-refractivity contribution is 5.89. The Kier molecular flexibility index (Phi) is 6.02. The van der Waals surface area contributed by atoms with Crippen LogP contribution in [0.25, 0.3) is 11.0 Å². The lowest BCUT2D eigenvalue weighted by Gasteiger charge is -2.47. The largest absolute Gasteiger partial charge is 0.416 e. The van der Waals surface area contributed by atoms with Crippen molar-refractivity contribution in [2.24, 2.45) is 13.0 Å². The molecule has 3 heterocycles. The van der Waals surface area contributed by atoms with Crippen LogP contribution in [0.4, 0.5) is 24.5 Å². The van der Waals surface area contributed by atoms with Gasteiger partial charge in [-0.3, -0.25) is 4.79 Å². The first kappa shape index (κ1) is 23.6. The van der Waals surface area contributed by atoms with Crippen LogP contribution in [0.1, 0.15) is 31.5 Å². The number of nitrogens with zero attached hydrogens (tertiary/aromatic N) is 5. The van der Waals surface area contributed by atoms with E-state index in [1.165, 1.54) is 16.7 Å². The molecule has 0 spiro atoms. The number of fused-ring (bicyclic) bond motifs is 1. The lowest BCUT2D eigenvalue weighted by atomic mass is 9.87. The Hall–Kier alpha value is -3.54. The van der Waals surface area contributed by atoms with Crippen molar-refractivity contribution in [1.82, 2.24) is 9.55 Å². The molecule has 1 fully saturated rings. The highest BCUT2D eigenvalue weighted by Crippen LogP contribution is 2.35. The predicted octanol–water partition coefficient (Wildman–Crippen LogP) is 4.56. The van der Waals surface area contributed by atoms with Crippen molar-refractivity contribution in [2.75, 3.05) is 23.4 Å². The topological polar surface area (TPSA) is 65.2 Å². The molecule has 1 aromatic carbocycles. The molecule has 0 bridgehead atoms. The Morgan fingerprint density at radius 2 is 1.82 bits per heavy atom. The minimum absolute atomic E-state index is 0.0425. The number of hydrogen-bond acceptors (Lipinski definition) is 5. The number of alkyl halides is 3. The Morgan fingerprint density at radius 1 is 1.15 bits per heavy atom. The summed E-state index contributed by atoms with van der Waals surface area (Å²) in [5.74, 6) is 0.154. The van der Waals surface area contributed by atoms with Crippen molar-refractivity contribution in [3.05, 3.63) is 64.1 Å². The summed E-state index contributed by atoms with van der Waals surface area (Å²) in [6.45, 7) is 4.80. The van der Waals surface area contributed by atoms with E-state index in [1.807, 2.05) is 11.9 Å². The number of piperidine rings is 1. The number of pyridine rings is 2. The van der Waals surface area contributed by atoms with E-state index in [1.54, 1.807) is 25.2 Å². The summed E-state index contributed by atoms with van der Waals surface area (Å²) in [5, 5.41) is 9.32. The highest BCUT2D eigenvalue weighted by Gasteiger charge is 2.35. The molecule has 9 heteroatoms. The van der Waals surface area contributed by atoms with Crippen molar-refractivity contribution >= 4 is 22.4 Å². The number of halogens is 3. The van der Waals surface area contributed by atoms with Gasteiger partial charge < -0.3 is 14.4 Å². The molecule has 0 aliphatic carbocycles. The zero-order valence-electron chi connectivity index (χ0n) is 19.5. The molecule has 178 valence electrons. The van der Waals surface area contributed by atoms with E-state index in [9.17, 15) is 23.2 Å². The van der Waals surface area contributed by atoms with Gasteiger partial charge in [-0.2, -0.15) is 18.4 Å². The van der Waals surface area contributed by atoms with Gasteiger partial charge in [0.2, 0.25) is 0 Å². The summed E-state index contributed by atoms with van der Waals surface area (Å²) in [6, 6.07) is 12.4. The third kappa shape index (κ3) is 4.20. The van der Waals surface area contributed by atoms with Gasteiger partial charge in [0, 0.05) is 44.5 Å². The smallest absolute Gasteiger partial charge is 0.371 e. The summed E-state index contributed by atoms with van der Waals surface area (Å²) in [5.41, 5.74) is 2.15. The minimum Gasteiger partial charge on any atom is -0.371 e. The Labute approximate surface area is 195 Å². The molecule has 0 radical (unpaired) electrons. The average Bonchev–Trinajstić information content (AvgIpc) is 2.81. The minimum atomic E-state index is -4.36. The van der Waals surface area contributed by atoms with E-state index >= 15 is 0 Å². The Balaban J connectivity index is 1.64. The van der Waals surface area contributed by atoms with E-state index in [0.29, 0.717) is 23.3 Å². The lowest BCUT2D eigenvalue weighted by Crippen LogP contribution is -2.53. The first-order chi connectivity index (χ1) is 16.0. The number of benzene rings is 1. The summed E-state index contributed by atoms with van der Waals surface area (Å²) in [6.07, 6.45) is -3.62. The van der Waals surface area contributed by atoms with Crippen LogP contribution in [0.5, 0.6) is 0 Å². The molecule has 3 aromatic rings. The Morgan fingerprint density at radius 3 is 2.44 bits per heavy atom. The van der Waals surface area contributed by atoms with Crippen molar-refractivity contribution in [3.63, 3.8) is 0 Å². The molecule has 0 saturated carbocycles. The van der Waals surface area contributed by atoms with Crippen LogP contribution in [0.2, 0.25) is 0 Å². The molecule has 3 unspecified atom stereocenters. The van der Waals surface area contributed by atoms with Crippen LogP contribution < -0.4 is 15.4 Å². The summed E-state index contributed by atoms with van der Waals surface area (Å²) >= 11 is 0. The fourth-order valence-electron chi connectivity index (χ4n) is 4.87. The molecule has 1 saturated heterocycles. The lowest BCUT2D eigenvalue weighted by molar-refractivity contribution is -0.137. The molecule has 4 rings (SSSR count). The van der Waals surface area contributed by atoms with E-state index in [4.69, 9.17) is 0 Å². The standard InChI is InChI=1S/C25H26F3N5O/c1-15-14-33(22-12-23(34)32(4)20-10-7-18(13-29)30-24(20)22)16(2)11-21(15)31(3)19-8-5-17(6-9-19)25(26,27)28/h5-10,12,15-16,21H,11,14H2,1-4H3. The fourth-order valence-corrected chi connectivity index (χ4v) is 4.87. The molecule has 34 heavy (non-hydrogen) atoms. The van der Waals surface area contributed by atoms with Gasteiger partial charge in [0.15, 0.2) is 0 Å². The zero-order valence-corrected chi connectivity index (χ0v) is 19.5. The van der Waals surface area contributed by atoms with E-state index in [2.05, 4.69) is 29.8 Å². The van der Waals surface area contributed by atoms with Gasteiger partial charge in [0.05, 0.1) is 16.8 Å². The molecular weight excluding hydrogens is 443 g/mol. The third-order valence-electron chi connectivity index (χ3n) is 6.85. The molecule has 0 amide bonds. The van der Waals surface area contributed by atoms with Crippen LogP contribution in [0.15, 0.2) is 47.3 Å². The van der Waals surface area contributed by atoms with Crippen molar-refractivity contribution in [1.29, 1.82) is 5.26 Å². The van der Waals surface area contributed by atoms with Gasteiger partial charge in [-0.15, -0.1) is 0 Å². The second-order valence-electron chi connectivity index (χ2n) is 9.04. The first-order valence-electron chi connectivity index (χ1n) is 11.1. The SMILES string of the molecule is CC1CN(c2cc(=O)n(C)c3ccc(C#N)nc23)C(C)CC1N(C)c1ccc(C(F)(F)F)cc1. The van der Waals surface area contributed by atoms with Crippen molar-refractivity contribution in [2.45, 2.75) is 38.5 Å². The van der Waals surface area contributed by atoms with Gasteiger partial charge >= 0.3 is 6.18 Å². The first-order valence-corrected chi connectivity index (χ1v) is 11.1. The maximum Gasteiger partial charge on any atom is 0.416 e. The van der Waals surface area contributed by atoms with Crippen LogP contribution in [0, 0.1) is 17.2 Å². The van der Waals surface area contributed by atoms with Crippen molar-refractivity contribution < 1.29 is 13.2 Å². The molecule has 3 atom stereocenters. The number of aromatic nitrogens is 2. The van der Waals surface area contributed by atoms with Crippen LogP contribution in [-0.2, 0) is 13.2 Å². The second kappa shape index (κ2) is 8.67. The van der Waals surface area contributed by atoms with Crippen LogP contribution in [0.3, 0.4) is 0 Å². The fraction of sp³-hybridized carbons (Fsp3) is 0.400. The quantitative estimate of drug-likeness (QED) is 0.563. The molecule has 2 aromatic heterocycles. The molecule has 0 N–H and O–H groups in total. The summed E-state index contributed by atoms with van der Waals surface area (Å²) in [7, 11) is 3.58. The van der Waals surface area contributed by atoms with Crippen molar-refractivity contribution in [3.8, 4) is 6.07 Å². The van der Waals surface area contributed by atoms with Gasteiger partial charge in [-0.25, -0.2) is 4.98 Å². The monoisotopic (exact) mass is 469 g/mol. The van der Waals surface area contributed by atoms with Gasteiger partial charge in [0.1, 0.15) is 17.3 Å². The van der Waals surface area contributed by atoms with E-state index in [-0.39, 0.29) is 29.3 Å². The summed E-state index contributed by atoms with van der Waals surface area (Å²) in [4.78, 5) is 21.3. The van der Waals surface area contributed by atoms with E-state index < -0.39 is 11.7 Å². The predicted molar refractivity (Wildman–Crippen MR) is 126 cm³/mol. The number of aryl methyl sites for hydroxylation is 1. The average molecular weight is 470 g/mol. The normalized spacial score (nSPS) is 20.9. The van der Waals surface area contributed by atoms with Crippen LogP contribution in [-0.4, -0.2) is 35.2 Å². The van der Waals surface area contributed by atoms with Gasteiger partial charge in [-0.1, -0.05) is 6.92 Å². The summed E-state index contributed by atoms with van der Waals surface area (Å²) < 4.78 is 40.3. The number of rotatable bonds is 3. The number of anilines is 2. The zero-order chi connectivity index (χ0) is 24.8. The highest BCUT2D eigenvalue weighted by atomic mass is 19.4. The molecule has 1 aliphatic heterocycles. The Bertz CT molecular complexity index is 1310. The third-order valence-corrected chi connectivity index (χ3v) is 6.85. The maximum atomic E-state index is 12.9. The molecule has 6 nitrogen and oxygen atoms in total. The number of hydrogen-bond donors (Lipinski definition) is 0. The second-order valence-corrected chi connectivity index (χ2v) is 9.04.